The molecule has 0 heterocycles. The summed E-state index contributed by atoms with van der Waals surface area (Å²) in [7, 11) is 0. The molecule has 0 bridgehead atoms. The standard InChI is InChI=1S/C14H13F3N2O/c1-2-20-14-7-13(11(18)6-10(14)17)19-12-5-8(15)3-4-9(12)16/h3-7,19H,2,18H2,1H3. The van der Waals surface area contributed by atoms with Crippen LogP contribution in [0, 0.1) is 17.5 Å². The van der Waals surface area contributed by atoms with Crippen LogP contribution in [0.4, 0.5) is 30.2 Å². The Bertz CT molecular complexity index is 632. The van der Waals surface area contributed by atoms with Crippen LogP contribution in [-0.2, 0) is 0 Å². The van der Waals surface area contributed by atoms with E-state index in [1.807, 2.05) is 0 Å². The number of nitrogens with two attached hydrogens (primary N) is 1. The van der Waals surface area contributed by atoms with Crippen molar-refractivity contribution in [2.45, 2.75) is 6.92 Å². The average Bonchev–Trinajstić information content (AvgIpc) is 2.39. The maximum absolute atomic E-state index is 13.5. The lowest BCUT2D eigenvalue weighted by atomic mass is 10.2. The molecule has 0 aliphatic carbocycles. The first-order valence-electron chi connectivity index (χ1n) is 5.95. The van der Waals surface area contributed by atoms with Crippen LogP contribution in [0.2, 0.25) is 0 Å². The van der Waals surface area contributed by atoms with Gasteiger partial charge in [-0.2, -0.15) is 0 Å². The van der Waals surface area contributed by atoms with Crippen molar-refractivity contribution in [3.63, 3.8) is 0 Å². The highest BCUT2D eigenvalue weighted by molar-refractivity contribution is 5.74. The molecule has 106 valence electrons. The summed E-state index contributed by atoms with van der Waals surface area (Å²) in [5.74, 6) is -1.87. The van der Waals surface area contributed by atoms with Crippen molar-refractivity contribution >= 4 is 17.1 Å². The Labute approximate surface area is 114 Å². The first kappa shape index (κ1) is 14.0. The largest absolute Gasteiger partial charge is 0.491 e. The zero-order chi connectivity index (χ0) is 14.7. The van der Waals surface area contributed by atoms with Crippen molar-refractivity contribution in [2.75, 3.05) is 17.7 Å². The van der Waals surface area contributed by atoms with Gasteiger partial charge in [-0.05, 0) is 19.1 Å². The summed E-state index contributed by atoms with van der Waals surface area (Å²) in [6.45, 7) is 1.98. The van der Waals surface area contributed by atoms with Crippen LogP contribution in [-0.4, -0.2) is 6.61 Å². The van der Waals surface area contributed by atoms with Gasteiger partial charge in [0.05, 0.1) is 23.7 Å². The Morgan fingerprint density at radius 2 is 1.80 bits per heavy atom. The van der Waals surface area contributed by atoms with Crippen molar-refractivity contribution in [3.8, 4) is 5.75 Å². The molecule has 6 heteroatoms. The first-order valence-corrected chi connectivity index (χ1v) is 5.95. The molecule has 0 saturated heterocycles. The topological polar surface area (TPSA) is 47.3 Å². The molecule has 0 radical (unpaired) electrons. The lowest BCUT2D eigenvalue weighted by molar-refractivity contribution is 0.322. The second-order valence-electron chi connectivity index (χ2n) is 4.05. The van der Waals surface area contributed by atoms with Gasteiger partial charge in [0, 0.05) is 18.2 Å². The summed E-state index contributed by atoms with van der Waals surface area (Å²) in [5.41, 5.74) is 5.86. The third-order valence-electron chi connectivity index (χ3n) is 2.60. The quantitative estimate of drug-likeness (QED) is 0.838. The first-order chi connectivity index (χ1) is 9.51. The molecule has 2 aromatic rings. The number of nitrogens with one attached hydrogen (secondary N) is 1. The predicted molar refractivity (Wildman–Crippen MR) is 71.6 cm³/mol. The van der Waals surface area contributed by atoms with Crippen molar-refractivity contribution in [2.24, 2.45) is 0 Å². The number of ether oxygens (including phenoxy) is 1. The van der Waals surface area contributed by atoms with Gasteiger partial charge in [-0.1, -0.05) is 0 Å². The van der Waals surface area contributed by atoms with Crippen molar-refractivity contribution < 1.29 is 17.9 Å². The number of nitrogen functional groups attached to an aromatic ring is 1. The highest BCUT2D eigenvalue weighted by atomic mass is 19.1. The minimum Gasteiger partial charge on any atom is -0.491 e. The number of benzene rings is 2. The van der Waals surface area contributed by atoms with Crippen molar-refractivity contribution in [1.82, 2.24) is 0 Å². The second-order valence-corrected chi connectivity index (χ2v) is 4.05. The molecule has 0 atom stereocenters. The van der Waals surface area contributed by atoms with Gasteiger partial charge in [-0.25, -0.2) is 13.2 Å². The number of hydrogen-bond donors (Lipinski definition) is 2. The number of hydrogen-bond acceptors (Lipinski definition) is 3. The van der Waals surface area contributed by atoms with Crippen LogP contribution in [0.5, 0.6) is 5.75 Å². The fraction of sp³-hybridized carbons (Fsp3) is 0.143. The van der Waals surface area contributed by atoms with Gasteiger partial charge in [0.1, 0.15) is 11.6 Å². The normalized spacial score (nSPS) is 10.4. The van der Waals surface area contributed by atoms with E-state index in [2.05, 4.69) is 5.32 Å². The number of anilines is 3. The minimum atomic E-state index is -0.645. The second kappa shape index (κ2) is 5.73. The van der Waals surface area contributed by atoms with Crippen molar-refractivity contribution in [3.05, 3.63) is 47.8 Å². The molecule has 0 spiro atoms. The van der Waals surface area contributed by atoms with E-state index in [0.717, 1.165) is 24.3 Å². The van der Waals surface area contributed by atoms with Crippen LogP contribution < -0.4 is 15.8 Å². The van der Waals surface area contributed by atoms with Gasteiger partial charge >= 0.3 is 0 Å². The van der Waals surface area contributed by atoms with E-state index < -0.39 is 17.5 Å². The molecule has 20 heavy (non-hydrogen) atoms. The number of halogens is 3. The fourth-order valence-electron chi connectivity index (χ4n) is 1.68. The van der Waals surface area contributed by atoms with Crippen LogP contribution in [0.15, 0.2) is 30.3 Å². The molecule has 0 aliphatic heterocycles. The van der Waals surface area contributed by atoms with Gasteiger partial charge < -0.3 is 15.8 Å². The molecular weight excluding hydrogens is 269 g/mol. The zero-order valence-corrected chi connectivity index (χ0v) is 10.7. The number of rotatable bonds is 4. The summed E-state index contributed by atoms with van der Waals surface area (Å²) >= 11 is 0. The van der Waals surface area contributed by atoms with Crippen molar-refractivity contribution in [1.29, 1.82) is 0 Å². The SMILES string of the molecule is CCOc1cc(Nc2cc(F)ccc2F)c(N)cc1F. The van der Waals surface area contributed by atoms with Gasteiger partial charge in [0.25, 0.3) is 0 Å². The minimum absolute atomic E-state index is 0.0130. The van der Waals surface area contributed by atoms with Crippen LogP contribution in [0.3, 0.4) is 0 Å². The zero-order valence-electron chi connectivity index (χ0n) is 10.7. The van der Waals surface area contributed by atoms with Gasteiger partial charge in [-0.15, -0.1) is 0 Å². The summed E-state index contributed by atoms with van der Waals surface area (Å²) in [5, 5.41) is 2.62. The van der Waals surface area contributed by atoms with E-state index in [0.29, 0.717) is 0 Å². The molecule has 0 unspecified atom stereocenters. The molecule has 2 aromatic carbocycles. The summed E-state index contributed by atoms with van der Waals surface area (Å²) < 4.78 is 45.2. The highest BCUT2D eigenvalue weighted by Crippen LogP contribution is 2.31. The molecule has 0 amide bonds. The summed E-state index contributed by atoms with van der Waals surface area (Å²) in [6, 6.07) is 5.34. The third-order valence-corrected chi connectivity index (χ3v) is 2.60. The molecule has 3 nitrogen and oxygen atoms in total. The Morgan fingerprint density at radius 3 is 2.50 bits per heavy atom. The fourth-order valence-corrected chi connectivity index (χ4v) is 1.68. The molecule has 0 aliphatic rings. The monoisotopic (exact) mass is 282 g/mol. The Hall–Kier alpha value is -2.37. The lowest BCUT2D eigenvalue weighted by Crippen LogP contribution is -2.02. The Balaban J connectivity index is 2.37. The van der Waals surface area contributed by atoms with Gasteiger partial charge in [0.15, 0.2) is 11.6 Å². The average molecular weight is 282 g/mol. The lowest BCUT2D eigenvalue weighted by Gasteiger charge is -2.13. The Kier molecular flexibility index (Phi) is 4.02. The predicted octanol–water partition coefficient (Wildman–Crippen LogP) is 3.83. The van der Waals surface area contributed by atoms with E-state index in [4.69, 9.17) is 10.5 Å². The van der Waals surface area contributed by atoms with Gasteiger partial charge in [0.2, 0.25) is 0 Å². The molecule has 3 N–H and O–H groups in total. The summed E-state index contributed by atoms with van der Waals surface area (Å²) in [6.07, 6.45) is 0. The maximum Gasteiger partial charge on any atom is 0.167 e. The highest BCUT2D eigenvalue weighted by Gasteiger charge is 2.11. The van der Waals surface area contributed by atoms with E-state index in [-0.39, 0.29) is 29.4 Å². The molecule has 2 rings (SSSR count). The smallest absolute Gasteiger partial charge is 0.167 e. The van der Waals surface area contributed by atoms with E-state index in [9.17, 15) is 13.2 Å². The Morgan fingerprint density at radius 1 is 1.05 bits per heavy atom. The molecule has 0 fully saturated rings. The summed E-state index contributed by atoms with van der Waals surface area (Å²) in [4.78, 5) is 0. The van der Waals surface area contributed by atoms with Crippen LogP contribution >= 0.6 is 0 Å². The van der Waals surface area contributed by atoms with Gasteiger partial charge in [-0.3, -0.25) is 0 Å². The van der Waals surface area contributed by atoms with Crippen LogP contribution in [0.1, 0.15) is 6.92 Å². The van der Waals surface area contributed by atoms with Crippen LogP contribution in [0.25, 0.3) is 0 Å². The molecule has 0 aromatic heterocycles. The van der Waals surface area contributed by atoms with E-state index in [1.165, 1.54) is 6.07 Å². The van der Waals surface area contributed by atoms with E-state index in [1.54, 1.807) is 6.92 Å². The molecule has 0 saturated carbocycles. The molecular formula is C14H13F3N2O. The maximum atomic E-state index is 13.5. The third kappa shape index (κ3) is 2.96. The van der Waals surface area contributed by atoms with E-state index >= 15 is 0 Å².